The van der Waals surface area contributed by atoms with E-state index in [2.05, 4.69) is 17.2 Å². The topological polar surface area (TPSA) is 55.1 Å². The number of amides is 1. The van der Waals surface area contributed by atoms with E-state index in [-0.39, 0.29) is 5.91 Å². The van der Waals surface area contributed by atoms with Crippen molar-refractivity contribution in [3.63, 3.8) is 0 Å². The van der Waals surface area contributed by atoms with Gasteiger partial charge in [-0.05, 0) is 12.1 Å². The highest BCUT2D eigenvalue weighted by Crippen LogP contribution is 2.13. The Kier molecular flexibility index (Phi) is 4.39. The minimum atomic E-state index is -0.0944. The normalized spacial score (nSPS) is 8.93. The maximum atomic E-state index is 10.9. The molecule has 0 radical (unpaired) electrons. The molecular weight excluding hydrogens is 188 g/mol. The second-order valence-corrected chi connectivity index (χ2v) is 3.07. The molecule has 15 heavy (non-hydrogen) atoms. The summed E-state index contributed by atoms with van der Waals surface area (Å²) < 4.78 is 0. The van der Waals surface area contributed by atoms with Crippen LogP contribution in [0, 0.1) is 11.8 Å². The van der Waals surface area contributed by atoms with E-state index in [1.165, 1.54) is 6.92 Å². The summed E-state index contributed by atoms with van der Waals surface area (Å²) in [4.78, 5) is 10.9. The van der Waals surface area contributed by atoms with Crippen molar-refractivity contribution in [2.45, 2.75) is 13.3 Å². The molecule has 3 heteroatoms. The van der Waals surface area contributed by atoms with Crippen LogP contribution >= 0.6 is 0 Å². The molecule has 1 aromatic carbocycles. The van der Waals surface area contributed by atoms with E-state index in [1.807, 2.05) is 24.3 Å². The van der Waals surface area contributed by atoms with Crippen LogP contribution in [0.15, 0.2) is 24.3 Å². The molecule has 0 aromatic heterocycles. The van der Waals surface area contributed by atoms with E-state index < -0.39 is 0 Å². The van der Waals surface area contributed by atoms with Crippen molar-refractivity contribution in [1.29, 1.82) is 0 Å². The summed E-state index contributed by atoms with van der Waals surface area (Å²) in [6.07, 6.45) is 0.661. The van der Waals surface area contributed by atoms with E-state index >= 15 is 0 Å². The fraction of sp³-hybridized carbons (Fsp3) is 0.250. The van der Waals surface area contributed by atoms with Crippen molar-refractivity contribution in [3.05, 3.63) is 29.8 Å². The van der Waals surface area contributed by atoms with Gasteiger partial charge in [-0.1, -0.05) is 24.0 Å². The van der Waals surface area contributed by atoms with Gasteiger partial charge in [0, 0.05) is 25.5 Å². The number of anilines is 1. The van der Waals surface area contributed by atoms with Gasteiger partial charge in [0.25, 0.3) is 0 Å². The number of carbonyl (C=O) groups is 1. The number of hydrogen-bond acceptors (Lipinski definition) is 2. The van der Waals surface area contributed by atoms with Crippen LogP contribution in [0.1, 0.15) is 18.9 Å². The van der Waals surface area contributed by atoms with E-state index in [0.717, 1.165) is 11.3 Å². The molecule has 78 valence electrons. The van der Waals surface area contributed by atoms with Gasteiger partial charge in [0.2, 0.25) is 5.91 Å². The standard InChI is InChI=1S/C12H14N2O/c1-10(15)14-12-8-3-2-6-11(12)7-4-5-9-13/h2-3,6,8H,5,9,13H2,1H3,(H,14,15). The summed E-state index contributed by atoms with van der Waals surface area (Å²) in [5.41, 5.74) is 6.90. The van der Waals surface area contributed by atoms with Gasteiger partial charge in [0.1, 0.15) is 0 Å². The first-order valence-corrected chi connectivity index (χ1v) is 4.79. The number of para-hydroxylation sites is 1. The van der Waals surface area contributed by atoms with Gasteiger partial charge in [-0.25, -0.2) is 0 Å². The van der Waals surface area contributed by atoms with Crippen molar-refractivity contribution < 1.29 is 4.79 Å². The van der Waals surface area contributed by atoms with Gasteiger partial charge in [-0.15, -0.1) is 0 Å². The highest BCUT2D eigenvalue weighted by Gasteiger charge is 1.99. The van der Waals surface area contributed by atoms with E-state index in [1.54, 1.807) is 0 Å². The average Bonchev–Trinajstić information content (AvgIpc) is 2.20. The Morgan fingerprint density at radius 3 is 2.87 bits per heavy atom. The van der Waals surface area contributed by atoms with Crippen molar-refractivity contribution in [1.82, 2.24) is 0 Å². The molecule has 0 aliphatic heterocycles. The third-order valence-corrected chi connectivity index (χ3v) is 1.73. The van der Waals surface area contributed by atoms with E-state index in [9.17, 15) is 4.79 Å². The molecule has 0 atom stereocenters. The summed E-state index contributed by atoms with van der Waals surface area (Å²) in [7, 11) is 0. The fourth-order valence-electron chi connectivity index (χ4n) is 1.12. The predicted molar refractivity (Wildman–Crippen MR) is 61.3 cm³/mol. The van der Waals surface area contributed by atoms with Crippen LogP contribution in [0.3, 0.4) is 0 Å². The van der Waals surface area contributed by atoms with Crippen molar-refractivity contribution in [2.75, 3.05) is 11.9 Å². The molecule has 3 N–H and O–H groups in total. The third kappa shape index (κ3) is 3.84. The number of benzene rings is 1. The quantitative estimate of drug-likeness (QED) is 0.711. The van der Waals surface area contributed by atoms with Gasteiger partial charge >= 0.3 is 0 Å². The zero-order valence-electron chi connectivity index (χ0n) is 8.71. The molecule has 0 aliphatic rings. The second kappa shape index (κ2) is 5.84. The lowest BCUT2D eigenvalue weighted by Crippen LogP contribution is -2.07. The maximum absolute atomic E-state index is 10.9. The number of carbonyl (C=O) groups excluding carboxylic acids is 1. The van der Waals surface area contributed by atoms with Crippen LogP contribution in [0.25, 0.3) is 0 Å². The molecule has 0 unspecified atom stereocenters. The Morgan fingerprint density at radius 2 is 2.20 bits per heavy atom. The first-order chi connectivity index (χ1) is 7.24. The molecule has 3 nitrogen and oxygen atoms in total. The minimum Gasteiger partial charge on any atom is -0.330 e. The molecule has 0 bridgehead atoms. The Morgan fingerprint density at radius 1 is 1.47 bits per heavy atom. The lowest BCUT2D eigenvalue weighted by atomic mass is 10.1. The molecule has 0 aliphatic carbocycles. The van der Waals surface area contributed by atoms with E-state index in [0.29, 0.717) is 13.0 Å². The van der Waals surface area contributed by atoms with Crippen molar-refractivity contribution in [2.24, 2.45) is 5.73 Å². The molecule has 0 heterocycles. The Hall–Kier alpha value is -1.79. The summed E-state index contributed by atoms with van der Waals surface area (Å²) in [5.74, 6) is 5.82. The Balaban J connectivity index is 2.87. The molecule has 0 fully saturated rings. The van der Waals surface area contributed by atoms with Gasteiger partial charge in [-0.2, -0.15) is 0 Å². The van der Waals surface area contributed by atoms with Gasteiger partial charge < -0.3 is 11.1 Å². The van der Waals surface area contributed by atoms with Gasteiger partial charge in [-0.3, -0.25) is 4.79 Å². The number of hydrogen-bond donors (Lipinski definition) is 2. The molecule has 1 aromatic rings. The highest BCUT2D eigenvalue weighted by atomic mass is 16.1. The first kappa shape index (κ1) is 11.3. The van der Waals surface area contributed by atoms with Crippen molar-refractivity contribution in [3.8, 4) is 11.8 Å². The van der Waals surface area contributed by atoms with Gasteiger partial charge in [0.05, 0.1) is 5.69 Å². The lowest BCUT2D eigenvalue weighted by molar-refractivity contribution is -0.114. The average molecular weight is 202 g/mol. The molecule has 1 amide bonds. The summed E-state index contributed by atoms with van der Waals surface area (Å²) >= 11 is 0. The Bertz CT molecular complexity index is 402. The van der Waals surface area contributed by atoms with Crippen LogP contribution in [-0.2, 0) is 4.79 Å². The predicted octanol–water partition coefficient (Wildman–Crippen LogP) is 1.35. The van der Waals surface area contributed by atoms with E-state index in [4.69, 9.17) is 5.73 Å². The smallest absolute Gasteiger partial charge is 0.221 e. The van der Waals surface area contributed by atoms with Crippen LogP contribution in [0.5, 0.6) is 0 Å². The Labute approximate surface area is 89.7 Å². The lowest BCUT2D eigenvalue weighted by Gasteiger charge is -2.03. The zero-order chi connectivity index (χ0) is 11.1. The molecule has 0 saturated carbocycles. The highest BCUT2D eigenvalue weighted by molar-refractivity contribution is 5.90. The maximum Gasteiger partial charge on any atom is 0.221 e. The van der Waals surface area contributed by atoms with Crippen LogP contribution in [0.4, 0.5) is 5.69 Å². The van der Waals surface area contributed by atoms with Crippen LogP contribution in [0.2, 0.25) is 0 Å². The van der Waals surface area contributed by atoms with Crippen LogP contribution in [-0.4, -0.2) is 12.5 Å². The van der Waals surface area contributed by atoms with Gasteiger partial charge in [0.15, 0.2) is 0 Å². The summed E-state index contributed by atoms with van der Waals surface area (Å²) in [5, 5.41) is 2.73. The zero-order valence-corrected chi connectivity index (χ0v) is 8.71. The molecule has 0 saturated heterocycles. The largest absolute Gasteiger partial charge is 0.330 e. The molecule has 0 spiro atoms. The minimum absolute atomic E-state index is 0.0944. The number of nitrogens with two attached hydrogens (primary N) is 1. The van der Waals surface area contributed by atoms with Crippen LogP contribution < -0.4 is 11.1 Å². The molecule has 1 rings (SSSR count). The summed E-state index contributed by atoms with van der Waals surface area (Å²) in [6.45, 7) is 2.03. The van der Waals surface area contributed by atoms with Crippen molar-refractivity contribution >= 4 is 11.6 Å². The monoisotopic (exact) mass is 202 g/mol. The molecular formula is C12H14N2O. The fourth-order valence-corrected chi connectivity index (χ4v) is 1.12. The SMILES string of the molecule is CC(=O)Nc1ccccc1C#CCCN. The summed E-state index contributed by atoms with van der Waals surface area (Å²) in [6, 6.07) is 7.44. The number of nitrogens with one attached hydrogen (secondary N) is 1. The second-order valence-electron chi connectivity index (χ2n) is 3.07. The first-order valence-electron chi connectivity index (χ1n) is 4.79. The third-order valence-electron chi connectivity index (χ3n) is 1.73. The number of rotatable bonds is 2.